The lowest BCUT2D eigenvalue weighted by Crippen LogP contribution is -2.20. The second-order valence-electron chi connectivity index (χ2n) is 5.70. The highest BCUT2D eigenvalue weighted by molar-refractivity contribution is 8.00. The molecule has 0 unspecified atom stereocenters. The van der Waals surface area contributed by atoms with E-state index < -0.39 is 5.51 Å². The van der Waals surface area contributed by atoms with Crippen LogP contribution < -0.4 is 19.5 Å². The maximum absolute atomic E-state index is 12.3. The minimum atomic E-state index is -4.33. The Labute approximate surface area is 170 Å². The van der Waals surface area contributed by atoms with E-state index in [9.17, 15) is 18.0 Å². The molecule has 0 bridgehead atoms. The number of halogens is 3. The number of thioether (sulfide) groups is 1. The zero-order valence-electron chi connectivity index (χ0n) is 16.0. The van der Waals surface area contributed by atoms with Crippen LogP contribution in [0.2, 0.25) is 0 Å². The smallest absolute Gasteiger partial charge is 0.446 e. The number of hydrogen-bond donors (Lipinski definition) is 1. The van der Waals surface area contributed by atoms with Gasteiger partial charge >= 0.3 is 5.51 Å². The van der Waals surface area contributed by atoms with Crippen molar-refractivity contribution in [3.8, 4) is 17.2 Å². The van der Waals surface area contributed by atoms with Gasteiger partial charge in [-0.15, -0.1) is 0 Å². The van der Waals surface area contributed by atoms with Gasteiger partial charge in [-0.05, 0) is 53.2 Å². The highest BCUT2D eigenvalue weighted by atomic mass is 32.2. The second-order valence-corrected chi connectivity index (χ2v) is 6.84. The molecule has 0 radical (unpaired) electrons. The van der Waals surface area contributed by atoms with Crippen molar-refractivity contribution in [1.29, 1.82) is 0 Å². The van der Waals surface area contributed by atoms with Crippen LogP contribution in [0.5, 0.6) is 17.2 Å². The van der Waals surface area contributed by atoms with Crippen molar-refractivity contribution >= 4 is 23.7 Å². The molecule has 0 saturated carbocycles. The van der Waals surface area contributed by atoms with Crippen LogP contribution in [-0.4, -0.2) is 32.7 Å². The molecule has 0 atom stereocenters. The largest absolute Gasteiger partial charge is 0.493 e. The van der Waals surface area contributed by atoms with Gasteiger partial charge in [-0.25, -0.2) is 0 Å². The summed E-state index contributed by atoms with van der Waals surface area (Å²) in [6, 6.07) is 9.18. The summed E-state index contributed by atoms with van der Waals surface area (Å²) in [7, 11) is 4.50. The highest BCUT2D eigenvalue weighted by Gasteiger charge is 2.28. The van der Waals surface area contributed by atoms with E-state index in [0.717, 1.165) is 5.56 Å². The summed E-state index contributed by atoms with van der Waals surface area (Å²) in [5, 5.41) is 2.72. The maximum atomic E-state index is 12.3. The predicted octanol–water partition coefficient (Wildman–Crippen LogP) is 4.65. The van der Waals surface area contributed by atoms with Gasteiger partial charge in [-0.3, -0.25) is 4.79 Å². The van der Waals surface area contributed by atoms with Gasteiger partial charge in [0.25, 0.3) is 0 Å². The molecule has 1 N–H and O–H groups in total. The molecule has 0 heterocycles. The van der Waals surface area contributed by atoms with E-state index in [1.165, 1.54) is 57.7 Å². The third-order valence-corrected chi connectivity index (χ3v) is 4.47. The van der Waals surface area contributed by atoms with Crippen molar-refractivity contribution in [2.24, 2.45) is 0 Å². The van der Waals surface area contributed by atoms with Crippen molar-refractivity contribution in [2.75, 3.05) is 21.3 Å². The Morgan fingerprint density at radius 1 is 1.03 bits per heavy atom. The summed E-state index contributed by atoms with van der Waals surface area (Å²) >= 11 is -0.185. The van der Waals surface area contributed by atoms with Crippen LogP contribution >= 0.6 is 11.8 Å². The molecule has 5 nitrogen and oxygen atoms in total. The fraction of sp³-hybridized carbons (Fsp3) is 0.250. The second kappa shape index (κ2) is 10.1. The number of hydrogen-bond acceptors (Lipinski definition) is 5. The molecule has 2 aromatic rings. The molecular weight excluding hydrogens is 407 g/mol. The Morgan fingerprint density at radius 3 is 2.10 bits per heavy atom. The number of benzene rings is 2. The van der Waals surface area contributed by atoms with Crippen molar-refractivity contribution in [2.45, 2.75) is 16.9 Å². The van der Waals surface area contributed by atoms with Crippen LogP contribution in [0.15, 0.2) is 47.4 Å². The van der Waals surface area contributed by atoms with E-state index in [0.29, 0.717) is 22.8 Å². The number of nitrogens with one attached hydrogen (secondary N) is 1. The molecule has 156 valence electrons. The Morgan fingerprint density at radius 2 is 1.62 bits per heavy atom. The summed E-state index contributed by atoms with van der Waals surface area (Å²) in [5.41, 5.74) is -2.97. The van der Waals surface area contributed by atoms with Crippen LogP contribution in [-0.2, 0) is 11.3 Å². The van der Waals surface area contributed by atoms with E-state index in [-0.39, 0.29) is 29.1 Å². The Kier molecular flexibility index (Phi) is 7.83. The molecule has 29 heavy (non-hydrogen) atoms. The van der Waals surface area contributed by atoms with Crippen molar-refractivity contribution < 1.29 is 32.2 Å². The Hall–Kier alpha value is -2.81. The summed E-state index contributed by atoms with van der Waals surface area (Å²) in [6.07, 6.45) is 2.83. The lowest BCUT2D eigenvalue weighted by atomic mass is 10.1. The fourth-order valence-electron chi connectivity index (χ4n) is 2.44. The molecule has 1 amide bonds. The van der Waals surface area contributed by atoms with Gasteiger partial charge in [-0.1, -0.05) is 12.1 Å². The van der Waals surface area contributed by atoms with Crippen LogP contribution in [0.25, 0.3) is 6.08 Å². The average molecular weight is 427 g/mol. The van der Waals surface area contributed by atoms with Gasteiger partial charge in [0.05, 0.1) is 21.3 Å². The van der Waals surface area contributed by atoms with E-state index in [4.69, 9.17) is 14.2 Å². The third-order valence-electron chi connectivity index (χ3n) is 3.73. The molecular formula is C20H20F3NO4S. The molecule has 0 aliphatic carbocycles. The molecule has 0 aliphatic heterocycles. The first-order valence-corrected chi connectivity index (χ1v) is 9.18. The number of alkyl halides is 3. The highest BCUT2D eigenvalue weighted by Crippen LogP contribution is 2.38. The third kappa shape index (κ3) is 6.94. The molecule has 0 saturated heterocycles. The van der Waals surface area contributed by atoms with Crippen LogP contribution in [0.4, 0.5) is 13.2 Å². The average Bonchev–Trinajstić information content (AvgIpc) is 2.69. The van der Waals surface area contributed by atoms with Gasteiger partial charge in [0, 0.05) is 17.5 Å². The lowest BCUT2D eigenvalue weighted by Gasteiger charge is -2.14. The summed E-state index contributed by atoms with van der Waals surface area (Å²) in [5.74, 6) is 1.05. The first kappa shape index (κ1) is 22.5. The zero-order chi connectivity index (χ0) is 21.4. The number of rotatable bonds is 8. The van der Waals surface area contributed by atoms with Crippen molar-refractivity contribution in [3.05, 3.63) is 53.6 Å². The number of amides is 1. The normalized spacial score (nSPS) is 11.4. The SMILES string of the molecule is COc1cc(CNC(=O)/C=C/c2ccc(SC(F)(F)F)cc2)cc(OC)c1OC. The number of carbonyl (C=O) groups is 1. The molecule has 9 heteroatoms. The van der Waals surface area contributed by atoms with Gasteiger partial charge in [-0.2, -0.15) is 13.2 Å². The summed E-state index contributed by atoms with van der Waals surface area (Å²) in [4.78, 5) is 12.1. The molecule has 2 rings (SSSR count). The van der Waals surface area contributed by atoms with Gasteiger partial charge in [0.15, 0.2) is 11.5 Å². The van der Waals surface area contributed by atoms with Crippen LogP contribution in [0.1, 0.15) is 11.1 Å². The standard InChI is InChI=1S/C20H20F3NO4S/c1-26-16-10-14(11-17(27-2)19(16)28-3)12-24-18(25)9-6-13-4-7-15(8-5-13)29-20(21,22)23/h4-11H,12H2,1-3H3,(H,24,25)/b9-6+. The van der Waals surface area contributed by atoms with Gasteiger partial charge < -0.3 is 19.5 Å². The number of ether oxygens (including phenoxy) is 3. The quantitative estimate of drug-likeness (QED) is 0.491. The monoisotopic (exact) mass is 427 g/mol. The molecule has 0 spiro atoms. The van der Waals surface area contributed by atoms with Gasteiger partial charge in [0.2, 0.25) is 11.7 Å². The molecule has 0 fully saturated rings. The van der Waals surface area contributed by atoms with Crippen LogP contribution in [0.3, 0.4) is 0 Å². The first-order valence-electron chi connectivity index (χ1n) is 8.36. The Balaban J connectivity index is 1.97. The zero-order valence-corrected chi connectivity index (χ0v) is 16.8. The van der Waals surface area contributed by atoms with Crippen LogP contribution in [0, 0.1) is 0 Å². The minimum Gasteiger partial charge on any atom is -0.493 e. The Bertz CT molecular complexity index is 842. The number of methoxy groups -OCH3 is 3. The lowest BCUT2D eigenvalue weighted by molar-refractivity contribution is -0.116. The molecule has 0 aromatic heterocycles. The van der Waals surface area contributed by atoms with Crippen molar-refractivity contribution in [3.63, 3.8) is 0 Å². The summed E-state index contributed by atoms with van der Waals surface area (Å²) < 4.78 is 52.8. The first-order chi connectivity index (χ1) is 13.8. The minimum absolute atomic E-state index is 0.0847. The maximum Gasteiger partial charge on any atom is 0.446 e. The summed E-state index contributed by atoms with van der Waals surface area (Å²) in [6.45, 7) is 0.223. The van der Waals surface area contributed by atoms with E-state index in [1.54, 1.807) is 12.1 Å². The predicted molar refractivity (Wildman–Crippen MR) is 105 cm³/mol. The van der Waals surface area contributed by atoms with E-state index in [1.807, 2.05) is 0 Å². The topological polar surface area (TPSA) is 56.8 Å². The van der Waals surface area contributed by atoms with E-state index >= 15 is 0 Å². The van der Waals surface area contributed by atoms with Crippen molar-refractivity contribution in [1.82, 2.24) is 5.32 Å². The van der Waals surface area contributed by atoms with Gasteiger partial charge in [0.1, 0.15) is 0 Å². The number of carbonyl (C=O) groups excluding carboxylic acids is 1. The van der Waals surface area contributed by atoms with E-state index in [2.05, 4.69) is 5.32 Å². The molecule has 2 aromatic carbocycles. The fourth-order valence-corrected chi connectivity index (χ4v) is 2.98. The molecule has 0 aliphatic rings.